The predicted octanol–water partition coefficient (Wildman–Crippen LogP) is 4.10. The maximum absolute atomic E-state index is 14.0. The zero-order valence-corrected chi connectivity index (χ0v) is 23.7. The lowest BCUT2D eigenvalue weighted by Gasteiger charge is -2.34. The fourth-order valence-corrected chi connectivity index (χ4v) is 6.17. The molecule has 3 rings (SSSR count). The molecule has 2 amide bonds. The highest BCUT2D eigenvalue weighted by atomic mass is 16.5. The number of esters is 1. The van der Waals surface area contributed by atoms with Crippen molar-refractivity contribution >= 4 is 29.2 Å². The van der Waals surface area contributed by atoms with Crippen molar-refractivity contribution in [2.24, 2.45) is 29.6 Å². The van der Waals surface area contributed by atoms with E-state index in [2.05, 4.69) is 24.1 Å². The second-order valence-electron chi connectivity index (χ2n) is 10.7. The minimum atomic E-state index is -0.836. The van der Waals surface area contributed by atoms with E-state index in [1.165, 1.54) is 0 Å². The summed E-state index contributed by atoms with van der Waals surface area (Å²) in [7, 11) is 0. The molecule has 8 nitrogen and oxygen atoms in total. The number of carbonyl (C=O) groups excluding carboxylic acids is 3. The molecule has 2 aliphatic rings. The Kier molecular flexibility index (Phi) is 10.4. The van der Waals surface area contributed by atoms with Crippen LogP contribution >= 0.6 is 0 Å². The van der Waals surface area contributed by atoms with Crippen LogP contribution in [-0.4, -0.2) is 66.2 Å². The third-order valence-corrected chi connectivity index (χ3v) is 7.96. The van der Waals surface area contributed by atoms with Crippen LogP contribution in [0, 0.1) is 29.6 Å². The molecule has 1 aliphatic heterocycles. The maximum atomic E-state index is 14.0. The monoisotopic (exact) mass is 527 g/mol. The van der Waals surface area contributed by atoms with Crippen LogP contribution in [0.25, 0.3) is 0 Å². The number of aliphatic hydroxyl groups excluding tert-OH is 1. The van der Waals surface area contributed by atoms with Gasteiger partial charge in [-0.3, -0.25) is 14.4 Å². The molecule has 0 saturated carbocycles. The van der Waals surface area contributed by atoms with Gasteiger partial charge in [0.2, 0.25) is 11.8 Å². The van der Waals surface area contributed by atoms with Crippen LogP contribution in [-0.2, 0) is 19.1 Å². The van der Waals surface area contributed by atoms with Gasteiger partial charge in [0, 0.05) is 30.4 Å². The number of fused-ring (bicyclic) bond motifs is 1. The lowest BCUT2D eigenvalue weighted by molar-refractivity contribution is -0.156. The first kappa shape index (κ1) is 29.7. The third-order valence-electron chi connectivity index (χ3n) is 7.96. The molecule has 1 saturated heterocycles. The smallest absolute Gasteiger partial charge is 0.310 e. The topological polar surface area (TPSA) is 99.2 Å². The van der Waals surface area contributed by atoms with Crippen molar-refractivity contribution < 1.29 is 24.2 Å². The van der Waals surface area contributed by atoms with Gasteiger partial charge in [0.25, 0.3) is 0 Å². The zero-order chi connectivity index (χ0) is 28.0. The maximum Gasteiger partial charge on any atom is 0.310 e. The number of carbonyl (C=O) groups is 3. The molecule has 0 bridgehead atoms. The van der Waals surface area contributed by atoms with E-state index in [0.717, 1.165) is 18.8 Å². The van der Waals surface area contributed by atoms with Crippen LogP contribution in [0.2, 0.25) is 0 Å². The van der Waals surface area contributed by atoms with E-state index in [-0.39, 0.29) is 36.9 Å². The number of amides is 2. The number of likely N-dealkylation sites (tertiary alicyclic amines) is 1. The van der Waals surface area contributed by atoms with Gasteiger partial charge in [-0.25, -0.2) is 0 Å². The van der Waals surface area contributed by atoms with Gasteiger partial charge >= 0.3 is 5.97 Å². The van der Waals surface area contributed by atoms with Crippen molar-refractivity contribution in [2.75, 3.05) is 36.5 Å². The van der Waals surface area contributed by atoms with Gasteiger partial charge in [0.15, 0.2) is 0 Å². The Labute approximate surface area is 227 Å². The number of nitrogens with one attached hydrogen (secondary N) is 1. The number of allylic oxidation sites excluding steroid dienone is 1. The second-order valence-corrected chi connectivity index (χ2v) is 10.7. The van der Waals surface area contributed by atoms with Crippen molar-refractivity contribution in [2.45, 2.75) is 66.5 Å². The number of benzene rings is 1. The van der Waals surface area contributed by atoms with Crippen LogP contribution in [0.3, 0.4) is 0 Å². The number of anilines is 2. The highest BCUT2D eigenvalue weighted by Gasteiger charge is 2.58. The van der Waals surface area contributed by atoms with Gasteiger partial charge < -0.3 is 25.0 Å². The Morgan fingerprint density at radius 1 is 1.08 bits per heavy atom. The largest absolute Gasteiger partial charge is 0.466 e. The number of hydrogen-bond donors (Lipinski definition) is 2. The Morgan fingerprint density at radius 3 is 2.26 bits per heavy atom. The summed E-state index contributed by atoms with van der Waals surface area (Å²) in [5.74, 6) is -2.76. The summed E-state index contributed by atoms with van der Waals surface area (Å²) < 4.78 is 5.40. The quantitative estimate of drug-likeness (QED) is 0.314. The third kappa shape index (κ3) is 6.06. The van der Waals surface area contributed by atoms with Crippen LogP contribution in [0.1, 0.15) is 54.4 Å². The fourth-order valence-electron chi connectivity index (χ4n) is 6.17. The molecule has 1 fully saturated rings. The average Bonchev–Trinajstić information content (AvgIpc) is 3.20. The van der Waals surface area contributed by atoms with Gasteiger partial charge in [-0.15, -0.1) is 0 Å². The molecule has 0 spiro atoms. The zero-order valence-electron chi connectivity index (χ0n) is 23.7. The van der Waals surface area contributed by atoms with Gasteiger partial charge in [-0.05, 0) is 69.7 Å². The van der Waals surface area contributed by atoms with Crippen molar-refractivity contribution in [3.8, 4) is 0 Å². The normalized spacial score (nSPS) is 25.3. The second kappa shape index (κ2) is 13.3. The van der Waals surface area contributed by atoms with E-state index in [0.29, 0.717) is 18.5 Å². The molecule has 1 aliphatic carbocycles. The molecule has 0 radical (unpaired) electrons. The fraction of sp³-hybridized carbons (Fsp3) is 0.633. The van der Waals surface area contributed by atoms with Crippen LogP contribution in [0.4, 0.5) is 11.4 Å². The Bertz CT molecular complexity index is 988. The number of ether oxygens (including phenoxy) is 1. The first-order chi connectivity index (χ1) is 18.2. The highest BCUT2D eigenvalue weighted by molar-refractivity contribution is 6.01. The standard InChI is InChI=1S/C30H45N3O5/c1-7-20-11-16-24-26(25(20)30(37)38-10-4)29(36)33(23(18-34)17-19(5)6)27(24)28(35)31-21-12-14-22(15-13-21)32(8-2)9-3/h11-16,19-20,23-27,34H,7-10,17-18H2,1-6H3,(H,31,35)/t20-,23-,24+,25-,26+,27+/m1/s1. The van der Waals surface area contributed by atoms with Gasteiger partial charge in [0.05, 0.1) is 31.1 Å². The lowest BCUT2D eigenvalue weighted by atomic mass is 9.69. The minimum Gasteiger partial charge on any atom is -0.466 e. The van der Waals surface area contributed by atoms with Crippen molar-refractivity contribution in [1.82, 2.24) is 4.90 Å². The van der Waals surface area contributed by atoms with E-state index in [9.17, 15) is 19.5 Å². The molecule has 1 aromatic carbocycles. The molecular formula is C30H45N3O5. The van der Waals surface area contributed by atoms with Crippen molar-refractivity contribution in [1.29, 1.82) is 0 Å². The van der Waals surface area contributed by atoms with Crippen molar-refractivity contribution in [3.05, 3.63) is 36.4 Å². The summed E-state index contributed by atoms with van der Waals surface area (Å²) in [6.45, 7) is 13.7. The summed E-state index contributed by atoms with van der Waals surface area (Å²) >= 11 is 0. The van der Waals surface area contributed by atoms with E-state index < -0.39 is 35.8 Å². The Hall–Kier alpha value is -2.87. The molecule has 1 aromatic rings. The SMILES string of the molecule is CCOC(=O)[C@H]1[C@H]2C(=O)N([C@@H](CO)CC(C)C)[C@H](C(=O)Nc3ccc(N(CC)CC)cc3)[C@H]2C=C[C@H]1CC. The lowest BCUT2D eigenvalue weighted by Crippen LogP contribution is -2.51. The van der Waals surface area contributed by atoms with E-state index in [4.69, 9.17) is 4.74 Å². The summed E-state index contributed by atoms with van der Waals surface area (Å²) in [4.78, 5) is 44.8. The Morgan fingerprint density at radius 2 is 1.74 bits per heavy atom. The first-order valence-electron chi connectivity index (χ1n) is 14.2. The number of aliphatic hydroxyl groups is 1. The summed E-state index contributed by atoms with van der Waals surface area (Å²) in [5.41, 5.74) is 1.71. The van der Waals surface area contributed by atoms with Gasteiger partial charge in [-0.2, -0.15) is 0 Å². The van der Waals surface area contributed by atoms with Crippen LogP contribution in [0.15, 0.2) is 36.4 Å². The predicted molar refractivity (Wildman–Crippen MR) is 150 cm³/mol. The average molecular weight is 528 g/mol. The van der Waals surface area contributed by atoms with E-state index in [1.54, 1.807) is 11.8 Å². The molecule has 0 aromatic heterocycles. The summed E-state index contributed by atoms with van der Waals surface area (Å²) in [6.07, 6.45) is 5.13. The highest BCUT2D eigenvalue weighted by Crippen LogP contribution is 2.46. The first-order valence-corrected chi connectivity index (χ1v) is 14.2. The van der Waals surface area contributed by atoms with Gasteiger partial charge in [0.1, 0.15) is 6.04 Å². The molecule has 0 unspecified atom stereocenters. The molecule has 1 heterocycles. The summed E-state index contributed by atoms with van der Waals surface area (Å²) in [5, 5.41) is 13.3. The molecular weight excluding hydrogens is 482 g/mol. The number of hydrogen-bond acceptors (Lipinski definition) is 6. The molecule has 8 heteroatoms. The molecule has 210 valence electrons. The minimum absolute atomic E-state index is 0.145. The summed E-state index contributed by atoms with van der Waals surface area (Å²) in [6, 6.07) is 6.32. The molecule has 2 N–H and O–H groups in total. The van der Waals surface area contributed by atoms with Gasteiger partial charge in [-0.1, -0.05) is 32.9 Å². The Balaban J connectivity index is 1.99. The van der Waals surface area contributed by atoms with E-state index >= 15 is 0 Å². The molecule has 6 atom stereocenters. The van der Waals surface area contributed by atoms with Crippen molar-refractivity contribution in [3.63, 3.8) is 0 Å². The molecule has 38 heavy (non-hydrogen) atoms. The van der Waals surface area contributed by atoms with Crippen LogP contribution < -0.4 is 10.2 Å². The number of rotatable bonds is 12. The van der Waals surface area contributed by atoms with Crippen LogP contribution in [0.5, 0.6) is 0 Å². The number of nitrogens with zero attached hydrogens (tertiary/aromatic N) is 2. The van der Waals surface area contributed by atoms with E-state index in [1.807, 2.05) is 57.2 Å².